The number of nitrogens with two attached hydrogens (primary N) is 1. The minimum atomic E-state index is -4.01. The van der Waals surface area contributed by atoms with Gasteiger partial charge in [0, 0.05) is 7.11 Å². The van der Waals surface area contributed by atoms with Crippen molar-refractivity contribution in [2.45, 2.75) is 77.2 Å². The first-order valence-corrected chi connectivity index (χ1v) is 12.2. The van der Waals surface area contributed by atoms with Gasteiger partial charge in [-0.15, -0.1) is 0 Å². The summed E-state index contributed by atoms with van der Waals surface area (Å²) in [6.45, 7) is 4.37. The third-order valence-electron chi connectivity index (χ3n) is 8.07. The summed E-state index contributed by atoms with van der Waals surface area (Å²) in [5.74, 6) is 2.41. The molecule has 5 nitrogen and oxygen atoms in total. The lowest BCUT2D eigenvalue weighted by Gasteiger charge is -2.52. The Morgan fingerprint density at radius 1 is 1.18 bits per heavy atom. The van der Waals surface area contributed by atoms with E-state index < -0.39 is 10.3 Å². The number of ether oxygens (including phenoxy) is 1. The molecule has 2 fully saturated rings. The summed E-state index contributed by atoms with van der Waals surface area (Å²) in [5, 5.41) is 5.13. The van der Waals surface area contributed by atoms with Crippen LogP contribution in [0.25, 0.3) is 0 Å². The third-order valence-corrected chi connectivity index (χ3v) is 8.48. The van der Waals surface area contributed by atoms with E-state index in [2.05, 4.69) is 13.0 Å². The monoisotopic (exact) mass is 407 g/mol. The molecule has 0 spiro atoms. The van der Waals surface area contributed by atoms with Crippen LogP contribution in [-0.4, -0.2) is 21.6 Å². The first-order valence-electron chi connectivity index (χ1n) is 10.7. The molecule has 3 aliphatic rings. The van der Waals surface area contributed by atoms with Gasteiger partial charge in [0.15, 0.2) is 0 Å². The smallest absolute Gasteiger partial charge is 0.380 e. The van der Waals surface area contributed by atoms with Gasteiger partial charge in [-0.05, 0) is 97.3 Å². The van der Waals surface area contributed by atoms with Crippen molar-refractivity contribution in [2.24, 2.45) is 22.4 Å². The summed E-state index contributed by atoms with van der Waals surface area (Å²) < 4.78 is 34.0. The Balaban J connectivity index is 1.69. The van der Waals surface area contributed by atoms with E-state index in [9.17, 15) is 8.42 Å². The highest BCUT2D eigenvalue weighted by Crippen LogP contribution is 2.63. The standard InChI is InChI=1S/C22H33NO4S/c1-4-14-12-18-15(13-20(14)27-28(23,24)25)6-7-17-16(18)10-11-22(5-2)19(17)8-9-21(22)26-3/h12-13,16-17,19,21H,4-11H2,1-3H3,(H2,23,24,25)/t16?,17?,19?,21-,22-/m0/s1. The van der Waals surface area contributed by atoms with Gasteiger partial charge in [-0.2, -0.15) is 13.6 Å². The molecule has 156 valence electrons. The molecule has 4 rings (SSSR count). The highest BCUT2D eigenvalue weighted by molar-refractivity contribution is 7.84. The van der Waals surface area contributed by atoms with Crippen molar-refractivity contribution >= 4 is 10.3 Å². The van der Waals surface area contributed by atoms with E-state index in [0.717, 1.165) is 24.3 Å². The minimum Gasteiger partial charge on any atom is -0.381 e. The van der Waals surface area contributed by atoms with E-state index >= 15 is 0 Å². The van der Waals surface area contributed by atoms with Gasteiger partial charge in [0.25, 0.3) is 0 Å². The van der Waals surface area contributed by atoms with Gasteiger partial charge in [-0.1, -0.05) is 19.9 Å². The molecule has 0 aromatic heterocycles. The fraction of sp³-hybridized carbons (Fsp3) is 0.727. The number of rotatable bonds is 5. The summed E-state index contributed by atoms with van der Waals surface area (Å²) in [5.41, 5.74) is 3.93. The lowest BCUT2D eigenvalue weighted by molar-refractivity contribution is -0.0592. The van der Waals surface area contributed by atoms with Crippen molar-refractivity contribution < 1.29 is 17.3 Å². The Morgan fingerprint density at radius 3 is 2.61 bits per heavy atom. The summed E-state index contributed by atoms with van der Waals surface area (Å²) in [7, 11) is -2.12. The van der Waals surface area contributed by atoms with E-state index in [1.54, 1.807) is 0 Å². The second kappa shape index (κ2) is 7.29. The summed E-state index contributed by atoms with van der Waals surface area (Å²) in [6, 6.07) is 4.14. The van der Waals surface area contributed by atoms with Crippen LogP contribution in [0, 0.1) is 17.3 Å². The third kappa shape index (κ3) is 3.17. The Kier molecular flexibility index (Phi) is 5.26. The summed E-state index contributed by atoms with van der Waals surface area (Å²) in [4.78, 5) is 0. The first kappa shape index (κ1) is 20.2. The van der Waals surface area contributed by atoms with Crippen molar-refractivity contribution in [3.05, 3.63) is 28.8 Å². The van der Waals surface area contributed by atoms with Crippen molar-refractivity contribution in [1.29, 1.82) is 0 Å². The van der Waals surface area contributed by atoms with E-state index in [1.165, 1.54) is 49.7 Å². The van der Waals surface area contributed by atoms with E-state index in [-0.39, 0.29) is 0 Å². The molecular formula is C22H33NO4S. The summed E-state index contributed by atoms with van der Waals surface area (Å²) in [6.07, 6.45) is 9.36. The fourth-order valence-corrected chi connectivity index (χ4v) is 7.31. The second-order valence-corrected chi connectivity index (χ2v) is 10.1. The van der Waals surface area contributed by atoms with Crippen LogP contribution in [-0.2, 0) is 27.9 Å². The Labute approximate surface area is 169 Å². The van der Waals surface area contributed by atoms with Crippen molar-refractivity contribution in [3.8, 4) is 5.75 Å². The predicted octanol–water partition coefficient (Wildman–Crippen LogP) is 4.09. The number of benzene rings is 1. The summed E-state index contributed by atoms with van der Waals surface area (Å²) >= 11 is 0. The molecule has 0 aliphatic heterocycles. The molecule has 3 aliphatic carbocycles. The maximum atomic E-state index is 11.5. The average molecular weight is 408 g/mol. The zero-order valence-corrected chi connectivity index (χ0v) is 18.1. The molecule has 2 saturated carbocycles. The number of hydrogen-bond acceptors (Lipinski definition) is 4. The molecule has 1 aromatic rings. The number of fused-ring (bicyclic) bond motifs is 5. The topological polar surface area (TPSA) is 78.6 Å². The molecule has 0 radical (unpaired) electrons. The van der Waals surface area contributed by atoms with Crippen molar-refractivity contribution in [2.75, 3.05) is 7.11 Å². The molecule has 1 aromatic carbocycles. The molecular weight excluding hydrogens is 374 g/mol. The van der Waals surface area contributed by atoms with Gasteiger partial charge in [0.2, 0.25) is 0 Å². The molecule has 0 saturated heterocycles. The van der Waals surface area contributed by atoms with Crippen LogP contribution < -0.4 is 9.32 Å². The van der Waals surface area contributed by atoms with Crippen molar-refractivity contribution in [1.82, 2.24) is 0 Å². The maximum absolute atomic E-state index is 11.5. The second-order valence-electron chi connectivity index (χ2n) is 8.93. The largest absolute Gasteiger partial charge is 0.381 e. The molecule has 28 heavy (non-hydrogen) atoms. The Morgan fingerprint density at radius 2 is 1.96 bits per heavy atom. The van der Waals surface area contributed by atoms with Gasteiger partial charge in [-0.3, -0.25) is 0 Å². The quantitative estimate of drug-likeness (QED) is 0.797. The normalized spacial score (nSPS) is 34.4. The zero-order chi connectivity index (χ0) is 20.1. The Hall–Kier alpha value is -1.11. The van der Waals surface area contributed by atoms with Gasteiger partial charge >= 0.3 is 10.3 Å². The van der Waals surface area contributed by atoms with Crippen LogP contribution in [0.1, 0.15) is 75.0 Å². The van der Waals surface area contributed by atoms with E-state index in [4.69, 9.17) is 14.1 Å². The lowest BCUT2D eigenvalue weighted by atomic mass is 9.54. The SMILES string of the molecule is CCc1cc2c(cc1OS(N)(=O)=O)CCC1C2CC[C@@]2(CC)C1CC[C@@H]2OC. The number of aryl methyl sites for hydroxylation is 2. The Bertz CT molecular complexity index is 852. The molecule has 0 bridgehead atoms. The van der Waals surface area contributed by atoms with Crippen LogP contribution in [0.3, 0.4) is 0 Å². The van der Waals surface area contributed by atoms with E-state index in [0.29, 0.717) is 29.1 Å². The average Bonchev–Trinajstić information content (AvgIpc) is 3.05. The number of methoxy groups -OCH3 is 1. The van der Waals surface area contributed by atoms with Crippen LogP contribution >= 0.6 is 0 Å². The first-order chi connectivity index (χ1) is 13.3. The molecule has 0 heterocycles. The molecule has 0 amide bonds. The van der Waals surface area contributed by atoms with Crippen molar-refractivity contribution in [3.63, 3.8) is 0 Å². The van der Waals surface area contributed by atoms with Crippen LogP contribution in [0.4, 0.5) is 0 Å². The molecule has 5 atom stereocenters. The van der Waals surface area contributed by atoms with Crippen LogP contribution in [0.2, 0.25) is 0 Å². The highest BCUT2D eigenvalue weighted by atomic mass is 32.2. The van der Waals surface area contributed by atoms with Gasteiger partial charge < -0.3 is 8.92 Å². The molecule has 3 unspecified atom stereocenters. The number of hydrogen-bond donors (Lipinski definition) is 1. The molecule has 6 heteroatoms. The fourth-order valence-electron chi connectivity index (χ4n) is 6.91. The lowest BCUT2D eigenvalue weighted by Crippen LogP contribution is -2.46. The van der Waals surface area contributed by atoms with Gasteiger partial charge in [0.05, 0.1) is 6.10 Å². The van der Waals surface area contributed by atoms with Gasteiger partial charge in [0.1, 0.15) is 5.75 Å². The molecule has 2 N–H and O–H groups in total. The van der Waals surface area contributed by atoms with Crippen LogP contribution in [0.5, 0.6) is 5.75 Å². The van der Waals surface area contributed by atoms with Crippen LogP contribution in [0.15, 0.2) is 12.1 Å². The van der Waals surface area contributed by atoms with E-state index in [1.807, 2.05) is 20.1 Å². The van der Waals surface area contributed by atoms with Gasteiger partial charge in [-0.25, -0.2) is 0 Å². The maximum Gasteiger partial charge on any atom is 0.380 e. The predicted molar refractivity (Wildman–Crippen MR) is 110 cm³/mol. The zero-order valence-electron chi connectivity index (χ0n) is 17.2. The highest BCUT2D eigenvalue weighted by Gasteiger charge is 2.56. The minimum absolute atomic E-state index is 0.345.